The van der Waals surface area contributed by atoms with Crippen molar-refractivity contribution in [3.05, 3.63) is 63.5 Å². The molecule has 2 aliphatic heterocycles. The van der Waals surface area contributed by atoms with Crippen LogP contribution in [0.3, 0.4) is 0 Å². The highest BCUT2D eigenvalue weighted by Crippen LogP contribution is 2.36. The van der Waals surface area contributed by atoms with Crippen molar-refractivity contribution in [2.24, 2.45) is 5.92 Å². The Bertz CT molecular complexity index is 1010. The third-order valence-electron chi connectivity index (χ3n) is 5.24. The number of aromatic nitrogens is 2. The molecule has 2 bridgehead atoms. The Labute approximate surface area is 148 Å². The van der Waals surface area contributed by atoms with E-state index in [4.69, 9.17) is 0 Å². The number of fused-ring (bicyclic) bond motifs is 5. The molecule has 0 aliphatic carbocycles. The van der Waals surface area contributed by atoms with Crippen LogP contribution < -0.4 is 5.56 Å². The van der Waals surface area contributed by atoms with Gasteiger partial charge in [0.25, 0.3) is 11.5 Å². The molecule has 5 rings (SSSR count). The van der Waals surface area contributed by atoms with Crippen molar-refractivity contribution >= 4 is 27.5 Å². The third-order valence-corrected chi connectivity index (χ3v) is 6.27. The minimum absolute atomic E-state index is 0.0163. The molecule has 1 fully saturated rings. The Morgan fingerprint density at radius 1 is 1.08 bits per heavy atom. The predicted octanol–water partition coefficient (Wildman–Crippen LogP) is 2.72. The Balaban J connectivity index is 1.46. The average molecular weight is 351 g/mol. The van der Waals surface area contributed by atoms with E-state index in [-0.39, 0.29) is 17.4 Å². The molecule has 4 heterocycles. The maximum absolute atomic E-state index is 13.0. The van der Waals surface area contributed by atoms with Crippen LogP contribution in [0, 0.1) is 5.92 Å². The molecular formula is C19H17N3O2S. The topological polar surface area (TPSA) is 55.2 Å². The fourth-order valence-electron chi connectivity index (χ4n) is 4.16. The van der Waals surface area contributed by atoms with E-state index >= 15 is 0 Å². The van der Waals surface area contributed by atoms with Gasteiger partial charge in [0.15, 0.2) is 5.01 Å². The second kappa shape index (κ2) is 5.52. The molecule has 25 heavy (non-hydrogen) atoms. The summed E-state index contributed by atoms with van der Waals surface area (Å²) in [6.45, 7) is 2.07. The van der Waals surface area contributed by atoms with Gasteiger partial charge < -0.3 is 9.47 Å². The quantitative estimate of drug-likeness (QED) is 0.677. The van der Waals surface area contributed by atoms with Crippen LogP contribution >= 0.6 is 11.3 Å². The van der Waals surface area contributed by atoms with Crippen LogP contribution in [0.25, 0.3) is 10.2 Å². The Kier molecular flexibility index (Phi) is 3.28. The van der Waals surface area contributed by atoms with Gasteiger partial charge in [0, 0.05) is 37.3 Å². The van der Waals surface area contributed by atoms with E-state index in [1.165, 1.54) is 11.3 Å². The van der Waals surface area contributed by atoms with Crippen molar-refractivity contribution < 1.29 is 4.79 Å². The molecule has 1 aromatic carbocycles. The second-order valence-corrected chi connectivity index (χ2v) is 7.93. The standard InChI is InChI=1S/C19H17N3O2S/c23-17-7-3-5-15-13-8-12(10-22(15)17)9-21(11-13)19(24)18-20-14-4-1-2-6-16(14)25-18/h1-7,12-13H,8-11H2/t12-,13-/m0/s1. The number of hydrogen-bond acceptors (Lipinski definition) is 4. The molecule has 0 saturated carbocycles. The second-order valence-electron chi connectivity index (χ2n) is 6.90. The van der Waals surface area contributed by atoms with Crippen LogP contribution in [-0.4, -0.2) is 33.4 Å². The van der Waals surface area contributed by atoms with Crippen molar-refractivity contribution in [1.82, 2.24) is 14.5 Å². The van der Waals surface area contributed by atoms with Gasteiger partial charge in [-0.2, -0.15) is 0 Å². The molecule has 0 spiro atoms. The van der Waals surface area contributed by atoms with Gasteiger partial charge in [-0.25, -0.2) is 4.98 Å². The van der Waals surface area contributed by atoms with Crippen molar-refractivity contribution in [2.45, 2.75) is 18.9 Å². The number of carbonyl (C=O) groups is 1. The minimum Gasteiger partial charge on any atom is -0.336 e. The molecule has 0 N–H and O–H groups in total. The molecule has 1 saturated heterocycles. The summed E-state index contributed by atoms with van der Waals surface area (Å²) in [5, 5.41) is 0.562. The molecule has 2 aromatic heterocycles. The van der Waals surface area contributed by atoms with E-state index in [1.807, 2.05) is 45.9 Å². The van der Waals surface area contributed by atoms with E-state index in [9.17, 15) is 9.59 Å². The zero-order valence-corrected chi connectivity index (χ0v) is 14.4. The lowest BCUT2D eigenvalue weighted by atomic mass is 9.83. The van der Waals surface area contributed by atoms with Gasteiger partial charge in [-0.3, -0.25) is 9.59 Å². The van der Waals surface area contributed by atoms with Gasteiger partial charge >= 0.3 is 0 Å². The monoisotopic (exact) mass is 351 g/mol. The number of pyridine rings is 1. The van der Waals surface area contributed by atoms with Crippen LogP contribution in [0.5, 0.6) is 0 Å². The number of benzene rings is 1. The zero-order valence-electron chi connectivity index (χ0n) is 13.6. The van der Waals surface area contributed by atoms with Gasteiger partial charge in [0.1, 0.15) is 0 Å². The molecule has 5 nitrogen and oxygen atoms in total. The lowest BCUT2D eigenvalue weighted by Crippen LogP contribution is -2.49. The number of likely N-dealkylation sites (tertiary alicyclic amines) is 1. The molecule has 126 valence electrons. The van der Waals surface area contributed by atoms with Crippen molar-refractivity contribution in [2.75, 3.05) is 13.1 Å². The van der Waals surface area contributed by atoms with E-state index < -0.39 is 0 Å². The molecule has 1 amide bonds. The van der Waals surface area contributed by atoms with Crippen LogP contribution in [0.2, 0.25) is 0 Å². The molecule has 0 radical (unpaired) electrons. The van der Waals surface area contributed by atoms with Crippen LogP contribution in [0.4, 0.5) is 0 Å². The number of nitrogens with zero attached hydrogens (tertiary/aromatic N) is 3. The maximum atomic E-state index is 13.0. The summed E-state index contributed by atoms with van der Waals surface area (Å²) in [6.07, 6.45) is 1.05. The lowest BCUT2D eigenvalue weighted by molar-refractivity contribution is 0.0594. The number of hydrogen-bond donors (Lipinski definition) is 0. The highest BCUT2D eigenvalue weighted by Gasteiger charge is 2.37. The first kappa shape index (κ1) is 14.8. The normalized spacial score (nSPS) is 22.0. The first-order valence-electron chi connectivity index (χ1n) is 8.53. The van der Waals surface area contributed by atoms with E-state index in [0.717, 1.165) is 22.3 Å². The summed E-state index contributed by atoms with van der Waals surface area (Å²) in [5.74, 6) is 0.590. The van der Waals surface area contributed by atoms with Crippen LogP contribution in [0.1, 0.15) is 27.8 Å². The molecule has 6 heteroatoms. The summed E-state index contributed by atoms with van der Waals surface area (Å²) >= 11 is 1.46. The smallest absolute Gasteiger partial charge is 0.282 e. The number of para-hydroxylation sites is 1. The zero-order chi connectivity index (χ0) is 17.0. The third kappa shape index (κ3) is 2.40. The lowest BCUT2D eigenvalue weighted by Gasteiger charge is -2.42. The number of rotatable bonds is 1. The largest absolute Gasteiger partial charge is 0.336 e. The van der Waals surface area contributed by atoms with E-state index in [2.05, 4.69) is 4.98 Å². The minimum atomic E-state index is 0.0163. The Hall–Kier alpha value is -2.47. The molecule has 0 unspecified atom stereocenters. The first-order valence-corrected chi connectivity index (χ1v) is 9.35. The van der Waals surface area contributed by atoms with Crippen LogP contribution in [0.15, 0.2) is 47.3 Å². The van der Waals surface area contributed by atoms with Gasteiger partial charge in [0.2, 0.25) is 0 Å². The fraction of sp³-hybridized carbons (Fsp3) is 0.316. The number of amides is 1. The van der Waals surface area contributed by atoms with Crippen molar-refractivity contribution in [3.8, 4) is 0 Å². The Morgan fingerprint density at radius 3 is 2.84 bits per heavy atom. The number of piperidine rings is 1. The van der Waals surface area contributed by atoms with Gasteiger partial charge in [-0.15, -0.1) is 11.3 Å². The van der Waals surface area contributed by atoms with E-state index in [1.54, 1.807) is 6.07 Å². The van der Waals surface area contributed by atoms with Crippen LogP contribution in [-0.2, 0) is 6.54 Å². The highest BCUT2D eigenvalue weighted by atomic mass is 32.1. The van der Waals surface area contributed by atoms with Gasteiger partial charge in [-0.05, 0) is 30.5 Å². The fourth-order valence-corrected chi connectivity index (χ4v) is 5.09. The molecule has 2 aliphatic rings. The summed E-state index contributed by atoms with van der Waals surface area (Å²) in [5.41, 5.74) is 2.01. The molecule has 3 aromatic rings. The van der Waals surface area contributed by atoms with Gasteiger partial charge in [-0.1, -0.05) is 18.2 Å². The van der Waals surface area contributed by atoms with Gasteiger partial charge in [0.05, 0.1) is 10.2 Å². The highest BCUT2D eigenvalue weighted by molar-refractivity contribution is 7.20. The maximum Gasteiger partial charge on any atom is 0.282 e. The van der Waals surface area contributed by atoms with Crippen molar-refractivity contribution in [3.63, 3.8) is 0 Å². The summed E-state index contributed by atoms with van der Waals surface area (Å²) < 4.78 is 2.93. The van der Waals surface area contributed by atoms with Crippen molar-refractivity contribution in [1.29, 1.82) is 0 Å². The summed E-state index contributed by atoms with van der Waals surface area (Å²) in [6, 6.07) is 13.3. The number of thiazole rings is 1. The molecule has 2 atom stereocenters. The van der Waals surface area contributed by atoms with E-state index in [0.29, 0.717) is 30.6 Å². The number of carbonyl (C=O) groups excluding carboxylic acids is 1. The Morgan fingerprint density at radius 2 is 1.96 bits per heavy atom. The predicted molar refractivity (Wildman–Crippen MR) is 97.1 cm³/mol. The first-order chi connectivity index (χ1) is 12.2. The molecular weight excluding hydrogens is 334 g/mol. The SMILES string of the molecule is O=C(c1nc2ccccc2s1)N1C[C@@H]2C[C@@H](C1)c1cccc(=O)n1C2. The average Bonchev–Trinajstić information content (AvgIpc) is 3.06. The summed E-state index contributed by atoms with van der Waals surface area (Å²) in [7, 11) is 0. The summed E-state index contributed by atoms with van der Waals surface area (Å²) in [4.78, 5) is 31.5.